The van der Waals surface area contributed by atoms with E-state index < -0.39 is 11.4 Å². The Bertz CT molecular complexity index is 536. The molecular weight excluding hydrogens is 310 g/mol. The average Bonchev–Trinajstić information content (AvgIpc) is 2.59. The SMILES string of the molecule is COCCC1(C(=O)O)CCCN(Cc2ccccc2OCCO)C1. The number of aliphatic hydroxyl groups excluding tert-OH is 1. The van der Waals surface area contributed by atoms with E-state index in [1.54, 1.807) is 7.11 Å². The minimum atomic E-state index is -0.742. The quantitative estimate of drug-likeness (QED) is 0.715. The summed E-state index contributed by atoms with van der Waals surface area (Å²) >= 11 is 0. The minimum Gasteiger partial charge on any atom is -0.491 e. The average molecular weight is 337 g/mol. The number of carboxylic acids is 1. The first-order valence-electron chi connectivity index (χ1n) is 8.37. The van der Waals surface area contributed by atoms with Crippen molar-refractivity contribution in [1.29, 1.82) is 0 Å². The van der Waals surface area contributed by atoms with Crippen LogP contribution >= 0.6 is 0 Å². The zero-order valence-corrected chi connectivity index (χ0v) is 14.2. The smallest absolute Gasteiger partial charge is 0.311 e. The van der Waals surface area contributed by atoms with Crippen LogP contribution in [0.4, 0.5) is 0 Å². The van der Waals surface area contributed by atoms with Gasteiger partial charge in [-0.2, -0.15) is 0 Å². The minimum absolute atomic E-state index is 0.0306. The van der Waals surface area contributed by atoms with Crippen LogP contribution in [-0.2, 0) is 16.1 Å². The molecule has 0 aromatic heterocycles. The van der Waals surface area contributed by atoms with Crippen molar-refractivity contribution in [3.05, 3.63) is 29.8 Å². The molecule has 0 aliphatic carbocycles. The predicted molar refractivity (Wildman–Crippen MR) is 90.1 cm³/mol. The Labute approximate surface area is 143 Å². The zero-order chi connectivity index (χ0) is 17.4. The summed E-state index contributed by atoms with van der Waals surface area (Å²) < 4.78 is 10.7. The highest BCUT2D eigenvalue weighted by Gasteiger charge is 2.42. The second-order valence-electron chi connectivity index (χ2n) is 6.32. The Morgan fingerprint density at radius 2 is 2.12 bits per heavy atom. The van der Waals surface area contributed by atoms with E-state index in [4.69, 9.17) is 14.6 Å². The first kappa shape index (κ1) is 18.7. The number of carboxylic acid groups (broad SMARTS) is 1. The molecule has 1 aromatic carbocycles. The highest BCUT2D eigenvalue weighted by atomic mass is 16.5. The molecule has 1 heterocycles. The summed E-state index contributed by atoms with van der Waals surface area (Å²) in [6, 6.07) is 7.70. The van der Waals surface area contributed by atoms with Crippen LogP contribution < -0.4 is 4.74 Å². The largest absolute Gasteiger partial charge is 0.491 e. The number of para-hydroxylation sites is 1. The van der Waals surface area contributed by atoms with Gasteiger partial charge in [-0.1, -0.05) is 18.2 Å². The molecule has 1 aliphatic rings. The molecule has 1 aliphatic heterocycles. The molecule has 1 unspecified atom stereocenters. The summed E-state index contributed by atoms with van der Waals surface area (Å²) in [6.07, 6.45) is 2.07. The van der Waals surface area contributed by atoms with Gasteiger partial charge in [0.25, 0.3) is 0 Å². The van der Waals surface area contributed by atoms with Gasteiger partial charge in [0.05, 0.1) is 12.0 Å². The number of rotatable bonds is 9. The van der Waals surface area contributed by atoms with Crippen LogP contribution in [0.5, 0.6) is 5.75 Å². The van der Waals surface area contributed by atoms with Gasteiger partial charge in [0.1, 0.15) is 12.4 Å². The molecule has 0 spiro atoms. The first-order valence-corrected chi connectivity index (χ1v) is 8.37. The maximum Gasteiger partial charge on any atom is 0.311 e. The molecule has 0 saturated carbocycles. The van der Waals surface area contributed by atoms with E-state index in [2.05, 4.69) is 4.90 Å². The van der Waals surface area contributed by atoms with Gasteiger partial charge < -0.3 is 19.7 Å². The lowest BCUT2D eigenvalue weighted by Crippen LogP contribution is -2.48. The fraction of sp³-hybridized carbons (Fsp3) is 0.611. The third-order valence-corrected chi connectivity index (χ3v) is 4.61. The van der Waals surface area contributed by atoms with Crippen molar-refractivity contribution in [1.82, 2.24) is 4.90 Å². The topological polar surface area (TPSA) is 79.2 Å². The van der Waals surface area contributed by atoms with Gasteiger partial charge in [0.2, 0.25) is 0 Å². The van der Waals surface area contributed by atoms with Crippen molar-refractivity contribution in [3.63, 3.8) is 0 Å². The van der Waals surface area contributed by atoms with Crippen LogP contribution in [0.3, 0.4) is 0 Å². The summed E-state index contributed by atoms with van der Waals surface area (Å²) in [6.45, 7) is 2.71. The number of hydrogen-bond donors (Lipinski definition) is 2. The Balaban J connectivity index is 2.08. The summed E-state index contributed by atoms with van der Waals surface area (Å²) in [5, 5.41) is 18.7. The number of aliphatic hydroxyl groups is 1. The second kappa shape index (κ2) is 9.01. The number of hydrogen-bond acceptors (Lipinski definition) is 5. The number of benzene rings is 1. The van der Waals surface area contributed by atoms with Crippen molar-refractivity contribution in [2.45, 2.75) is 25.8 Å². The maximum atomic E-state index is 11.9. The van der Waals surface area contributed by atoms with Crippen molar-refractivity contribution >= 4 is 5.97 Å². The molecule has 0 radical (unpaired) electrons. The first-order chi connectivity index (χ1) is 11.6. The number of aliphatic carboxylic acids is 1. The lowest BCUT2D eigenvalue weighted by atomic mass is 9.77. The zero-order valence-electron chi connectivity index (χ0n) is 14.2. The van der Waals surface area contributed by atoms with E-state index >= 15 is 0 Å². The molecule has 0 amide bonds. The van der Waals surface area contributed by atoms with Crippen molar-refractivity contribution in [2.75, 3.05) is 40.0 Å². The van der Waals surface area contributed by atoms with E-state index in [0.29, 0.717) is 32.5 Å². The number of likely N-dealkylation sites (tertiary alicyclic amines) is 1. The maximum absolute atomic E-state index is 11.9. The molecule has 1 saturated heterocycles. The molecule has 2 N–H and O–H groups in total. The molecule has 1 aromatic rings. The van der Waals surface area contributed by atoms with Gasteiger partial charge in [-0.3, -0.25) is 9.69 Å². The van der Waals surface area contributed by atoms with Gasteiger partial charge in [-0.05, 0) is 31.9 Å². The van der Waals surface area contributed by atoms with Crippen molar-refractivity contribution in [3.8, 4) is 5.75 Å². The molecule has 1 atom stereocenters. The summed E-state index contributed by atoms with van der Waals surface area (Å²) in [4.78, 5) is 14.0. The third kappa shape index (κ3) is 4.69. The van der Waals surface area contributed by atoms with Gasteiger partial charge >= 0.3 is 5.97 Å². The Kier molecular flexibility index (Phi) is 7.02. The number of ether oxygens (including phenoxy) is 2. The number of piperidine rings is 1. The van der Waals surface area contributed by atoms with Crippen molar-refractivity contribution < 1.29 is 24.5 Å². The molecular formula is C18H27NO5. The number of carbonyl (C=O) groups is 1. The molecule has 2 rings (SSSR count). The Morgan fingerprint density at radius 3 is 2.83 bits per heavy atom. The predicted octanol–water partition coefficient (Wildman–Crippen LogP) is 1.76. The summed E-state index contributed by atoms with van der Waals surface area (Å²) in [7, 11) is 1.60. The second-order valence-corrected chi connectivity index (χ2v) is 6.32. The highest BCUT2D eigenvalue weighted by Crippen LogP contribution is 2.35. The Hall–Kier alpha value is -1.63. The molecule has 24 heavy (non-hydrogen) atoms. The van der Waals surface area contributed by atoms with E-state index in [0.717, 1.165) is 24.3 Å². The van der Waals surface area contributed by atoms with Crippen LogP contribution in [0.1, 0.15) is 24.8 Å². The number of methoxy groups -OCH3 is 1. The molecule has 1 fully saturated rings. The monoisotopic (exact) mass is 337 g/mol. The molecule has 6 nitrogen and oxygen atoms in total. The lowest BCUT2D eigenvalue weighted by Gasteiger charge is -2.40. The van der Waals surface area contributed by atoms with Gasteiger partial charge in [-0.25, -0.2) is 0 Å². The van der Waals surface area contributed by atoms with Crippen molar-refractivity contribution in [2.24, 2.45) is 5.41 Å². The Morgan fingerprint density at radius 1 is 1.33 bits per heavy atom. The number of nitrogens with zero attached hydrogens (tertiary/aromatic N) is 1. The third-order valence-electron chi connectivity index (χ3n) is 4.61. The van der Waals surface area contributed by atoms with Gasteiger partial charge in [-0.15, -0.1) is 0 Å². The standard InChI is InChI=1S/C18H27NO5/c1-23-11-8-18(17(21)22)7-4-9-19(14-18)13-15-5-2-3-6-16(15)24-12-10-20/h2-3,5-6,20H,4,7-14H2,1H3,(H,21,22). The van der Waals surface area contributed by atoms with Crippen LogP contribution in [0.2, 0.25) is 0 Å². The molecule has 6 heteroatoms. The molecule has 0 bridgehead atoms. The summed E-state index contributed by atoms with van der Waals surface area (Å²) in [5.74, 6) is 0.00371. The van der Waals surface area contributed by atoms with E-state index in [-0.39, 0.29) is 13.2 Å². The summed E-state index contributed by atoms with van der Waals surface area (Å²) in [5.41, 5.74) is 0.272. The van der Waals surface area contributed by atoms with E-state index in [1.807, 2.05) is 24.3 Å². The van der Waals surface area contributed by atoms with E-state index in [1.165, 1.54) is 0 Å². The van der Waals surface area contributed by atoms with Crippen LogP contribution in [0.25, 0.3) is 0 Å². The fourth-order valence-corrected chi connectivity index (χ4v) is 3.32. The fourth-order valence-electron chi connectivity index (χ4n) is 3.32. The van der Waals surface area contributed by atoms with Gasteiger partial charge in [0, 0.05) is 32.4 Å². The highest BCUT2D eigenvalue weighted by molar-refractivity contribution is 5.75. The van der Waals surface area contributed by atoms with Crippen LogP contribution in [0, 0.1) is 5.41 Å². The van der Waals surface area contributed by atoms with Crippen LogP contribution in [-0.4, -0.2) is 61.1 Å². The normalized spacial score (nSPS) is 21.6. The van der Waals surface area contributed by atoms with E-state index in [9.17, 15) is 9.90 Å². The molecule has 134 valence electrons. The van der Waals surface area contributed by atoms with Gasteiger partial charge in [0.15, 0.2) is 0 Å². The van der Waals surface area contributed by atoms with Crippen LogP contribution in [0.15, 0.2) is 24.3 Å². The lowest BCUT2D eigenvalue weighted by molar-refractivity contribution is -0.154.